The van der Waals surface area contributed by atoms with E-state index in [1.165, 1.54) is 7.11 Å². The number of ether oxygens (including phenoxy) is 1. The summed E-state index contributed by atoms with van der Waals surface area (Å²) in [6.07, 6.45) is 9.89. The SMILES string of the molecule is CCCC1=C(C)C(C=c2[nH]c(=Cc3[nH]c(/C=C4\NC(=O)C(C)=C4CCS(=O)(=O)c4ccc(C)cc4)c(C)c3CCC)c(CCC(=O)OC)c2C)=NC1=O. The van der Waals surface area contributed by atoms with Gasteiger partial charge in [0.2, 0.25) is 0 Å². The Hall–Kier alpha value is -5.03. The van der Waals surface area contributed by atoms with E-state index >= 15 is 0 Å². The van der Waals surface area contributed by atoms with Crippen LogP contribution in [0.1, 0.15) is 99.0 Å². The molecule has 53 heavy (non-hydrogen) atoms. The molecular formula is C42H50N4O6S. The monoisotopic (exact) mass is 738 g/mol. The normalized spacial score (nSPS) is 16.5. The summed E-state index contributed by atoms with van der Waals surface area (Å²) < 4.78 is 31.4. The number of nitrogens with one attached hydrogen (secondary N) is 3. The first-order valence-electron chi connectivity index (χ1n) is 18.2. The molecule has 0 saturated carbocycles. The van der Waals surface area contributed by atoms with Gasteiger partial charge in [0.05, 0.1) is 23.5 Å². The number of amides is 2. The first-order valence-corrected chi connectivity index (χ1v) is 19.9. The van der Waals surface area contributed by atoms with Gasteiger partial charge in [-0.1, -0.05) is 44.4 Å². The number of carbonyl (C=O) groups excluding carboxylic acids is 3. The van der Waals surface area contributed by atoms with Crippen molar-refractivity contribution in [3.63, 3.8) is 0 Å². The molecular weight excluding hydrogens is 689 g/mol. The largest absolute Gasteiger partial charge is 0.469 e. The van der Waals surface area contributed by atoms with Crippen molar-refractivity contribution < 1.29 is 27.5 Å². The molecule has 0 saturated heterocycles. The van der Waals surface area contributed by atoms with Crippen LogP contribution in [-0.2, 0) is 41.8 Å². The van der Waals surface area contributed by atoms with Gasteiger partial charge in [-0.25, -0.2) is 13.4 Å². The molecule has 0 radical (unpaired) electrons. The number of hydrogen-bond donors (Lipinski definition) is 3. The zero-order chi connectivity index (χ0) is 38.6. The summed E-state index contributed by atoms with van der Waals surface area (Å²) in [5.41, 5.74) is 10.7. The topological polar surface area (TPSA) is 151 Å². The predicted octanol–water partition coefficient (Wildman–Crippen LogP) is 5.68. The highest BCUT2D eigenvalue weighted by atomic mass is 32.2. The summed E-state index contributed by atoms with van der Waals surface area (Å²) in [4.78, 5) is 49.5. The highest BCUT2D eigenvalue weighted by Gasteiger charge is 2.27. The van der Waals surface area contributed by atoms with E-state index in [1.807, 2.05) is 52.8 Å². The van der Waals surface area contributed by atoms with E-state index in [4.69, 9.17) is 4.74 Å². The van der Waals surface area contributed by atoms with Gasteiger partial charge in [-0.2, -0.15) is 0 Å². The summed E-state index contributed by atoms with van der Waals surface area (Å²) in [6.45, 7) is 13.8. The highest BCUT2D eigenvalue weighted by molar-refractivity contribution is 7.91. The number of allylic oxidation sites excluding steroid dienone is 2. The third-order valence-corrected chi connectivity index (χ3v) is 12.0. The van der Waals surface area contributed by atoms with Crippen LogP contribution in [0.5, 0.6) is 0 Å². The molecule has 0 bridgehead atoms. The second-order valence-electron chi connectivity index (χ2n) is 13.9. The van der Waals surface area contributed by atoms with E-state index in [0.29, 0.717) is 35.4 Å². The maximum atomic E-state index is 13.2. The number of sulfone groups is 1. The van der Waals surface area contributed by atoms with Gasteiger partial charge in [0, 0.05) is 45.4 Å². The molecule has 2 aromatic heterocycles. The predicted molar refractivity (Wildman–Crippen MR) is 209 cm³/mol. The Bertz CT molecular complexity index is 2330. The van der Waals surface area contributed by atoms with E-state index in [1.54, 1.807) is 31.2 Å². The third-order valence-electron chi connectivity index (χ3n) is 10.3. The summed E-state index contributed by atoms with van der Waals surface area (Å²) in [6, 6.07) is 6.80. The van der Waals surface area contributed by atoms with E-state index in [2.05, 4.69) is 27.2 Å². The minimum Gasteiger partial charge on any atom is -0.469 e. The van der Waals surface area contributed by atoms with E-state index < -0.39 is 9.84 Å². The summed E-state index contributed by atoms with van der Waals surface area (Å²) in [7, 11) is -2.19. The lowest BCUT2D eigenvalue weighted by Crippen LogP contribution is -2.15. The van der Waals surface area contributed by atoms with Gasteiger partial charge in [0.15, 0.2) is 9.84 Å². The molecule has 5 rings (SSSR count). The van der Waals surface area contributed by atoms with Crippen LogP contribution in [0.4, 0.5) is 0 Å². The smallest absolute Gasteiger partial charge is 0.305 e. The van der Waals surface area contributed by atoms with Gasteiger partial charge >= 0.3 is 5.97 Å². The molecule has 280 valence electrons. The zero-order valence-corrected chi connectivity index (χ0v) is 32.8. The first-order chi connectivity index (χ1) is 25.2. The highest BCUT2D eigenvalue weighted by Crippen LogP contribution is 2.30. The zero-order valence-electron chi connectivity index (χ0n) is 32.0. The number of benzene rings is 1. The summed E-state index contributed by atoms with van der Waals surface area (Å²) >= 11 is 0. The van der Waals surface area contributed by atoms with Gasteiger partial charge in [-0.15, -0.1) is 0 Å². The Morgan fingerprint density at radius 2 is 1.47 bits per heavy atom. The van der Waals surface area contributed by atoms with Crippen molar-refractivity contribution in [3.8, 4) is 0 Å². The lowest BCUT2D eigenvalue weighted by Gasteiger charge is -2.08. The second kappa shape index (κ2) is 16.3. The maximum absolute atomic E-state index is 13.2. The molecule has 2 aliphatic rings. The van der Waals surface area contributed by atoms with Crippen LogP contribution in [0.3, 0.4) is 0 Å². The van der Waals surface area contributed by atoms with Crippen LogP contribution in [0.15, 0.2) is 62.1 Å². The van der Waals surface area contributed by atoms with Crippen LogP contribution in [0.2, 0.25) is 0 Å². The molecule has 2 aliphatic heterocycles. The quantitative estimate of drug-likeness (QED) is 0.181. The van der Waals surface area contributed by atoms with Crippen LogP contribution in [0, 0.1) is 20.8 Å². The average Bonchev–Trinajstić information content (AvgIpc) is 3.76. The van der Waals surface area contributed by atoms with Gasteiger partial charge in [0.1, 0.15) is 0 Å². The van der Waals surface area contributed by atoms with Gasteiger partial charge in [-0.05, 0) is 124 Å². The standard InChI is InChI=1S/C42H50N4O6S/c1-9-11-30-25(4)35(22-39-32(28(7)41(48)46-39)19-20-53(50,51)29-15-13-24(3)14-16-29)44-37(30)23-38-31(17-18-40(47)52-8)26(5)34(43-38)21-36-27(6)33(12-10-2)42(49)45-36/h13-16,21-23,43-44H,9-12,17-20H2,1-8H3,(H,46,48)/b34-21?,38-23?,39-22-. The minimum absolute atomic E-state index is 0.130. The number of aromatic nitrogens is 2. The molecule has 11 heteroatoms. The third kappa shape index (κ3) is 8.46. The summed E-state index contributed by atoms with van der Waals surface area (Å²) in [5.74, 6) is -0.874. The lowest BCUT2D eigenvalue weighted by molar-refractivity contribution is -0.140. The van der Waals surface area contributed by atoms with Crippen molar-refractivity contribution in [1.82, 2.24) is 15.3 Å². The Morgan fingerprint density at radius 3 is 2.13 bits per heavy atom. The van der Waals surface area contributed by atoms with Gasteiger partial charge < -0.3 is 20.0 Å². The number of H-pyrrole nitrogens is 2. The molecule has 4 heterocycles. The molecule has 3 aromatic rings. The van der Waals surface area contributed by atoms with Crippen molar-refractivity contribution in [1.29, 1.82) is 0 Å². The fraction of sp³-hybridized carbons (Fsp3) is 0.381. The fourth-order valence-electron chi connectivity index (χ4n) is 6.98. The van der Waals surface area contributed by atoms with Gasteiger partial charge in [0.25, 0.3) is 11.8 Å². The number of aliphatic imine (C=N–C) groups is 1. The molecule has 0 unspecified atom stereocenters. The Morgan fingerprint density at radius 1 is 0.774 bits per heavy atom. The molecule has 0 spiro atoms. The number of aromatic amines is 2. The Balaban J connectivity index is 1.57. The average molecular weight is 739 g/mol. The molecule has 2 amide bonds. The van der Waals surface area contributed by atoms with Crippen molar-refractivity contribution in [3.05, 3.63) is 102 Å². The molecule has 10 nitrogen and oxygen atoms in total. The van der Waals surface area contributed by atoms with E-state index in [-0.39, 0.29) is 41.3 Å². The fourth-order valence-corrected chi connectivity index (χ4v) is 8.24. The van der Waals surface area contributed by atoms with E-state index in [9.17, 15) is 22.8 Å². The molecule has 1 aromatic carbocycles. The first kappa shape index (κ1) is 39.2. The number of rotatable bonds is 14. The molecule has 0 atom stereocenters. The van der Waals surface area contributed by atoms with Crippen LogP contribution >= 0.6 is 0 Å². The van der Waals surface area contributed by atoms with Crippen molar-refractivity contribution in [2.24, 2.45) is 4.99 Å². The Labute approximate surface area is 311 Å². The van der Waals surface area contributed by atoms with Crippen molar-refractivity contribution in [2.75, 3.05) is 12.9 Å². The maximum Gasteiger partial charge on any atom is 0.305 e. The second-order valence-corrected chi connectivity index (χ2v) is 16.0. The number of methoxy groups -OCH3 is 1. The number of carbonyl (C=O) groups is 3. The van der Waals surface area contributed by atoms with Crippen LogP contribution in [-0.4, -0.2) is 54.7 Å². The van der Waals surface area contributed by atoms with E-state index in [0.717, 1.165) is 80.3 Å². The number of hydrogen-bond acceptors (Lipinski definition) is 6. The molecule has 3 N–H and O–H groups in total. The number of nitrogens with zero attached hydrogens (tertiary/aromatic N) is 1. The minimum atomic E-state index is -3.57. The van der Waals surface area contributed by atoms with Crippen LogP contribution in [0.25, 0.3) is 18.2 Å². The van der Waals surface area contributed by atoms with Gasteiger partial charge in [-0.3, -0.25) is 14.4 Å². The van der Waals surface area contributed by atoms with Crippen LogP contribution < -0.4 is 16.0 Å². The molecule has 0 aliphatic carbocycles. The number of aryl methyl sites for hydroxylation is 1. The number of esters is 1. The van der Waals surface area contributed by atoms with Crippen molar-refractivity contribution >= 4 is 51.6 Å². The summed E-state index contributed by atoms with van der Waals surface area (Å²) in [5, 5.41) is 4.59. The molecule has 0 fully saturated rings. The lowest BCUT2D eigenvalue weighted by atomic mass is 10.0. The van der Waals surface area contributed by atoms with Crippen molar-refractivity contribution in [2.45, 2.75) is 98.3 Å². The Kier molecular flexibility index (Phi) is 12.1.